The summed E-state index contributed by atoms with van der Waals surface area (Å²) < 4.78 is 0. The van der Waals surface area contributed by atoms with Crippen molar-refractivity contribution in [2.75, 3.05) is 13.6 Å². The Hall–Kier alpha value is -2.68. The summed E-state index contributed by atoms with van der Waals surface area (Å²) in [6.45, 7) is 0.549. The maximum Gasteiger partial charge on any atom is 0.233 e. The molecule has 1 aliphatic carbocycles. The van der Waals surface area contributed by atoms with Crippen LogP contribution in [0, 0.1) is 23.2 Å². The molecule has 0 spiro atoms. The minimum Gasteiger partial charge on any atom is -0.341 e. The molecule has 1 aromatic carbocycles. The Morgan fingerprint density at radius 3 is 2.50 bits per heavy atom. The van der Waals surface area contributed by atoms with Crippen LogP contribution in [-0.2, 0) is 20.9 Å². The Kier molecular flexibility index (Phi) is 5.36. The first-order valence-corrected chi connectivity index (χ1v) is 9.09. The Balaban J connectivity index is 1.55. The normalized spacial score (nSPS) is 22.1. The van der Waals surface area contributed by atoms with E-state index in [0.29, 0.717) is 12.1 Å². The van der Waals surface area contributed by atoms with Crippen molar-refractivity contribution < 1.29 is 14.4 Å². The third-order valence-electron chi connectivity index (χ3n) is 5.38. The van der Waals surface area contributed by atoms with Crippen molar-refractivity contribution in [1.29, 1.82) is 5.26 Å². The first-order valence-electron chi connectivity index (χ1n) is 9.09. The smallest absolute Gasteiger partial charge is 0.233 e. The Morgan fingerprint density at radius 1 is 1.23 bits per heavy atom. The lowest BCUT2D eigenvalue weighted by Crippen LogP contribution is -2.36. The molecule has 0 radical (unpaired) electrons. The molecule has 1 aliphatic heterocycles. The van der Waals surface area contributed by atoms with Crippen LogP contribution in [0.5, 0.6) is 0 Å². The fourth-order valence-electron chi connectivity index (χ4n) is 3.95. The fourth-order valence-corrected chi connectivity index (χ4v) is 3.95. The summed E-state index contributed by atoms with van der Waals surface area (Å²) in [6.07, 6.45) is 3.70. The number of hydrogen-bond donors (Lipinski definition) is 0. The number of carbonyl (C=O) groups is 3. The first kappa shape index (κ1) is 18.1. The van der Waals surface area contributed by atoms with Crippen LogP contribution in [0.3, 0.4) is 0 Å². The van der Waals surface area contributed by atoms with E-state index in [-0.39, 0.29) is 42.5 Å². The van der Waals surface area contributed by atoms with Crippen molar-refractivity contribution in [2.45, 2.75) is 38.6 Å². The summed E-state index contributed by atoms with van der Waals surface area (Å²) in [5.41, 5.74) is 1.43. The molecule has 1 aromatic rings. The Morgan fingerprint density at radius 2 is 1.88 bits per heavy atom. The summed E-state index contributed by atoms with van der Waals surface area (Å²) >= 11 is 0. The van der Waals surface area contributed by atoms with Crippen LogP contribution < -0.4 is 0 Å². The largest absolute Gasteiger partial charge is 0.341 e. The van der Waals surface area contributed by atoms with Gasteiger partial charge in [-0.2, -0.15) is 5.26 Å². The van der Waals surface area contributed by atoms with Gasteiger partial charge >= 0.3 is 0 Å². The van der Waals surface area contributed by atoms with E-state index >= 15 is 0 Å². The van der Waals surface area contributed by atoms with E-state index in [9.17, 15) is 14.4 Å². The van der Waals surface area contributed by atoms with E-state index in [0.717, 1.165) is 31.2 Å². The van der Waals surface area contributed by atoms with E-state index in [1.54, 1.807) is 30.1 Å². The molecule has 2 atom stereocenters. The third kappa shape index (κ3) is 3.62. The standard InChI is InChI=1S/C20H23N3O3/c1-22(13-15-6-4-5-14(11-15)12-21)18(24)9-10-23-19(25)16-7-2-3-8-17(16)20(23)26/h4-6,11,16-17H,2-3,7-10,13H2,1H3/t16-,17+. The highest BCUT2D eigenvalue weighted by atomic mass is 16.2. The molecule has 3 amide bonds. The molecule has 0 N–H and O–H groups in total. The van der Waals surface area contributed by atoms with Gasteiger partial charge in [-0.3, -0.25) is 19.3 Å². The molecule has 1 saturated carbocycles. The average molecular weight is 353 g/mol. The molecule has 136 valence electrons. The molecule has 1 heterocycles. The quantitative estimate of drug-likeness (QED) is 0.759. The molecular weight excluding hydrogens is 330 g/mol. The number of nitrogens with zero attached hydrogens (tertiary/aromatic N) is 3. The molecule has 3 rings (SSSR count). The lowest BCUT2D eigenvalue weighted by Gasteiger charge is -2.20. The molecule has 0 bridgehead atoms. The molecule has 6 heteroatoms. The van der Waals surface area contributed by atoms with Crippen molar-refractivity contribution in [2.24, 2.45) is 11.8 Å². The zero-order chi connectivity index (χ0) is 18.7. The van der Waals surface area contributed by atoms with E-state index in [4.69, 9.17) is 5.26 Å². The Labute approximate surface area is 153 Å². The van der Waals surface area contributed by atoms with E-state index in [2.05, 4.69) is 6.07 Å². The highest BCUT2D eigenvalue weighted by Gasteiger charge is 2.47. The van der Waals surface area contributed by atoms with Crippen LogP contribution in [0.15, 0.2) is 24.3 Å². The number of likely N-dealkylation sites (tertiary alicyclic amines) is 1. The van der Waals surface area contributed by atoms with Crippen molar-refractivity contribution >= 4 is 17.7 Å². The number of amides is 3. The zero-order valence-corrected chi connectivity index (χ0v) is 15.0. The number of fused-ring (bicyclic) bond motifs is 1. The van der Waals surface area contributed by atoms with Crippen molar-refractivity contribution in [3.63, 3.8) is 0 Å². The van der Waals surface area contributed by atoms with Gasteiger partial charge in [-0.1, -0.05) is 25.0 Å². The SMILES string of the molecule is CN(Cc1cccc(C#N)c1)C(=O)CCN1C(=O)[C@H]2CCCC[C@H]2C1=O. The lowest BCUT2D eigenvalue weighted by atomic mass is 9.81. The second-order valence-corrected chi connectivity index (χ2v) is 7.14. The predicted molar refractivity (Wildman–Crippen MR) is 94.4 cm³/mol. The minimum atomic E-state index is -0.169. The van der Waals surface area contributed by atoms with Gasteiger partial charge in [0.05, 0.1) is 23.5 Å². The third-order valence-corrected chi connectivity index (χ3v) is 5.38. The summed E-state index contributed by atoms with van der Waals surface area (Å²) in [5.74, 6) is -0.660. The van der Waals surface area contributed by atoms with Crippen LogP contribution in [0.1, 0.15) is 43.2 Å². The first-order chi connectivity index (χ1) is 12.5. The van der Waals surface area contributed by atoms with Gasteiger partial charge < -0.3 is 4.90 Å². The van der Waals surface area contributed by atoms with Gasteiger partial charge in [0.25, 0.3) is 0 Å². The zero-order valence-electron chi connectivity index (χ0n) is 15.0. The number of nitriles is 1. The van der Waals surface area contributed by atoms with Crippen LogP contribution >= 0.6 is 0 Å². The number of imide groups is 1. The van der Waals surface area contributed by atoms with Gasteiger partial charge in [-0.05, 0) is 30.5 Å². The van der Waals surface area contributed by atoms with Gasteiger partial charge in [0.2, 0.25) is 17.7 Å². The van der Waals surface area contributed by atoms with Crippen molar-refractivity contribution in [3.8, 4) is 6.07 Å². The average Bonchev–Trinajstić information content (AvgIpc) is 2.90. The molecule has 26 heavy (non-hydrogen) atoms. The van der Waals surface area contributed by atoms with Crippen molar-refractivity contribution in [3.05, 3.63) is 35.4 Å². The van der Waals surface area contributed by atoms with E-state index in [1.807, 2.05) is 6.07 Å². The van der Waals surface area contributed by atoms with Crippen LogP contribution in [0.4, 0.5) is 0 Å². The highest BCUT2D eigenvalue weighted by molar-refractivity contribution is 6.05. The second-order valence-electron chi connectivity index (χ2n) is 7.14. The van der Waals surface area contributed by atoms with Crippen molar-refractivity contribution in [1.82, 2.24) is 9.80 Å². The highest BCUT2D eigenvalue weighted by Crippen LogP contribution is 2.37. The molecular formula is C20H23N3O3. The van der Waals surface area contributed by atoms with E-state index in [1.165, 1.54) is 4.90 Å². The molecule has 2 aliphatic rings. The predicted octanol–water partition coefficient (Wildman–Crippen LogP) is 2.08. The van der Waals surface area contributed by atoms with Gasteiger partial charge in [0.15, 0.2) is 0 Å². The number of hydrogen-bond acceptors (Lipinski definition) is 4. The van der Waals surface area contributed by atoms with Crippen LogP contribution in [-0.4, -0.2) is 41.1 Å². The van der Waals surface area contributed by atoms with Gasteiger partial charge in [0.1, 0.15) is 0 Å². The summed E-state index contributed by atoms with van der Waals surface area (Å²) in [6, 6.07) is 9.20. The maximum atomic E-state index is 12.4. The number of carbonyl (C=O) groups excluding carboxylic acids is 3. The molecule has 2 fully saturated rings. The Bertz CT molecular complexity index is 744. The monoisotopic (exact) mass is 353 g/mol. The molecule has 6 nitrogen and oxygen atoms in total. The van der Waals surface area contributed by atoms with Gasteiger partial charge in [0, 0.05) is 26.6 Å². The fraction of sp³-hybridized carbons (Fsp3) is 0.500. The topological polar surface area (TPSA) is 81.5 Å². The van der Waals surface area contributed by atoms with E-state index < -0.39 is 0 Å². The summed E-state index contributed by atoms with van der Waals surface area (Å²) in [4.78, 5) is 40.1. The second kappa shape index (κ2) is 7.69. The number of rotatable bonds is 5. The summed E-state index contributed by atoms with van der Waals surface area (Å²) in [7, 11) is 1.69. The lowest BCUT2D eigenvalue weighted by molar-refractivity contribution is -0.140. The van der Waals surface area contributed by atoms with Crippen LogP contribution in [0.2, 0.25) is 0 Å². The molecule has 0 aromatic heterocycles. The van der Waals surface area contributed by atoms with Gasteiger partial charge in [-0.15, -0.1) is 0 Å². The van der Waals surface area contributed by atoms with Crippen LogP contribution in [0.25, 0.3) is 0 Å². The maximum absolute atomic E-state index is 12.4. The van der Waals surface area contributed by atoms with Gasteiger partial charge in [-0.25, -0.2) is 0 Å². The minimum absolute atomic E-state index is 0.100. The molecule has 1 saturated heterocycles. The molecule has 0 unspecified atom stereocenters. The number of benzene rings is 1. The summed E-state index contributed by atoms with van der Waals surface area (Å²) in [5, 5.41) is 8.95.